The van der Waals surface area contributed by atoms with E-state index in [0.717, 1.165) is 16.7 Å². The Morgan fingerprint density at radius 2 is 1.62 bits per heavy atom. The fourth-order valence-electron chi connectivity index (χ4n) is 2.57. The first-order valence-corrected chi connectivity index (χ1v) is 7.46. The van der Waals surface area contributed by atoms with Crippen molar-refractivity contribution in [3.63, 3.8) is 0 Å². The zero-order chi connectivity index (χ0) is 17.1. The quantitative estimate of drug-likeness (QED) is 0.739. The molecule has 4 heteroatoms. The van der Waals surface area contributed by atoms with E-state index < -0.39 is 5.97 Å². The minimum absolute atomic E-state index is 0.119. The number of rotatable bonds is 4. The van der Waals surface area contributed by atoms with Gasteiger partial charge < -0.3 is 5.11 Å². The van der Waals surface area contributed by atoms with Crippen molar-refractivity contribution in [2.24, 2.45) is 0 Å². The Morgan fingerprint density at radius 1 is 0.917 bits per heavy atom. The van der Waals surface area contributed by atoms with E-state index in [1.807, 2.05) is 19.1 Å². The van der Waals surface area contributed by atoms with Gasteiger partial charge in [0.15, 0.2) is 0 Å². The van der Waals surface area contributed by atoms with Gasteiger partial charge in [0.2, 0.25) is 5.78 Å². The predicted octanol–water partition coefficient (Wildman–Crippen LogP) is 3.99. The van der Waals surface area contributed by atoms with Crippen molar-refractivity contribution in [2.75, 3.05) is 0 Å². The van der Waals surface area contributed by atoms with Gasteiger partial charge in [-0.1, -0.05) is 30.3 Å². The largest absolute Gasteiger partial charge is 0.478 e. The van der Waals surface area contributed by atoms with Gasteiger partial charge in [0.25, 0.3) is 0 Å². The van der Waals surface area contributed by atoms with Gasteiger partial charge in [-0.05, 0) is 53.9 Å². The van der Waals surface area contributed by atoms with Crippen LogP contribution >= 0.6 is 0 Å². The zero-order valence-electron chi connectivity index (χ0n) is 13.1. The molecule has 0 bridgehead atoms. The summed E-state index contributed by atoms with van der Waals surface area (Å²) in [5.41, 5.74) is 4.06. The number of aromatic carboxylic acids is 1. The smallest absolute Gasteiger partial charge is 0.335 e. The molecule has 0 amide bonds. The van der Waals surface area contributed by atoms with Crippen molar-refractivity contribution in [3.05, 3.63) is 89.2 Å². The van der Waals surface area contributed by atoms with E-state index in [0.29, 0.717) is 11.3 Å². The fourth-order valence-corrected chi connectivity index (χ4v) is 2.57. The maximum atomic E-state index is 12.4. The Hall–Kier alpha value is -3.27. The lowest BCUT2D eigenvalue weighted by Gasteiger charge is -2.09. The van der Waals surface area contributed by atoms with Crippen LogP contribution in [0.2, 0.25) is 0 Å². The summed E-state index contributed by atoms with van der Waals surface area (Å²) in [7, 11) is 0. The van der Waals surface area contributed by atoms with Gasteiger partial charge in [-0.15, -0.1) is 0 Å². The summed E-state index contributed by atoms with van der Waals surface area (Å²) >= 11 is 0. The number of hydrogen-bond acceptors (Lipinski definition) is 3. The van der Waals surface area contributed by atoms with Crippen LogP contribution in [0.1, 0.15) is 32.0 Å². The number of benzene rings is 2. The summed E-state index contributed by atoms with van der Waals surface area (Å²) in [5.74, 6) is -1.07. The number of ketones is 1. The first-order chi connectivity index (χ1) is 11.6. The van der Waals surface area contributed by atoms with Crippen molar-refractivity contribution in [1.29, 1.82) is 0 Å². The van der Waals surface area contributed by atoms with E-state index in [1.165, 1.54) is 0 Å². The number of carboxylic acid groups (broad SMARTS) is 1. The molecule has 0 radical (unpaired) electrons. The number of nitrogens with zero attached hydrogens (tertiary/aromatic N) is 1. The van der Waals surface area contributed by atoms with Crippen LogP contribution < -0.4 is 0 Å². The Morgan fingerprint density at radius 3 is 2.21 bits per heavy atom. The third-order valence-electron chi connectivity index (χ3n) is 3.83. The molecule has 0 spiro atoms. The molecular formula is C20H15NO3. The van der Waals surface area contributed by atoms with Gasteiger partial charge in [0, 0.05) is 11.8 Å². The van der Waals surface area contributed by atoms with Crippen molar-refractivity contribution in [2.45, 2.75) is 6.92 Å². The van der Waals surface area contributed by atoms with E-state index in [-0.39, 0.29) is 11.3 Å². The molecule has 24 heavy (non-hydrogen) atoms. The average Bonchev–Trinajstić information content (AvgIpc) is 2.62. The minimum atomic E-state index is -0.949. The summed E-state index contributed by atoms with van der Waals surface area (Å²) in [6.45, 7) is 1.93. The van der Waals surface area contributed by atoms with Gasteiger partial charge in [-0.2, -0.15) is 0 Å². The predicted molar refractivity (Wildman–Crippen MR) is 91.2 cm³/mol. The van der Waals surface area contributed by atoms with Crippen LogP contribution in [0.25, 0.3) is 11.1 Å². The van der Waals surface area contributed by atoms with Crippen LogP contribution in [-0.4, -0.2) is 21.8 Å². The summed E-state index contributed by atoms with van der Waals surface area (Å²) in [5, 5.41) is 8.96. The van der Waals surface area contributed by atoms with Crippen LogP contribution in [0, 0.1) is 6.92 Å². The lowest BCUT2D eigenvalue weighted by atomic mass is 9.96. The highest BCUT2D eigenvalue weighted by Crippen LogP contribution is 2.25. The first-order valence-electron chi connectivity index (χ1n) is 7.46. The molecule has 0 aliphatic carbocycles. The summed E-state index contributed by atoms with van der Waals surface area (Å²) in [6, 6.07) is 17.4. The lowest BCUT2D eigenvalue weighted by molar-refractivity contribution is 0.0696. The lowest BCUT2D eigenvalue weighted by Crippen LogP contribution is -2.04. The number of carbonyl (C=O) groups is 2. The number of aryl methyl sites for hydroxylation is 1. The van der Waals surface area contributed by atoms with Crippen molar-refractivity contribution >= 4 is 11.8 Å². The summed E-state index contributed by atoms with van der Waals surface area (Å²) in [6.07, 6.45) is 1.60. The average molecular weight is 317 g/mol. The molecule has 1 aromatic heterocycles. The highest BCUT2D eigenvalue weighted by atomic mass is 16.4. The number of aromatic nitrogens is 1. The Bertz CT molecular complexity index is 900. The molecule has 0 fully saturated rings. The molecular weight excluding hydrogens is 302 g/mol. The molecule has 118 valence electrons. The molecule has 0 saturated carbocycles. The van der Waals surface area contributed by atoms with Crippen LogP contribution in [-0.2, 0) is 0 Å². The summed E-state index contributed by atoms with van der Waals surface area (Å²) in [4.78, 5) is 27.5. The van der Waals surface area contributed by atoms with Crippen molar-refractivity contribution in [3.8, 4) is 11.1 Å². The Labute approximate surface area is 139 Å². The highest BCUT2D eigenvalue weighted by Gasteiger charge is 2.12. The molecule has 0 aliphatic rings. The molecule has 1 N–H and O–H groups in total. The van der Waals surface area contributed by atoms with E-state index in [9.17, 15) is 9.59 Å². The molecule has 0 saturated heterocycles. The molecule has 4 nitrogen and oxygen atoms in total. The van der Waals surface area contributed by atoms with Crippen LogP contribution in [0.4, 0.5) is 0 Å². The maximum absolute atomic E-state index is 12.4. The monoisotopic (exact) mass is 317 g/mol. The van der Waals surface area contributed by atoms with Gasteiger partial charge in [0.05, 0.1) is 5.56 Å². The van der Waals surface area contributed by atoms with Crippen LogP contribution in [0.3, 0.4) is 0 Å². The molecule has 3 rings (SSSR count). The van der Waals surface area contributed by atoms with E-state index in [2.05, 4.69) is 4.98 Å². The van der Waals surface area contributed by atoms with E-state index in [1.54, 1.807) is 54.7 Å². The van der Waals surface area contributed by atoms with Gasteiger partial charge in [-0.3, -0.25) is 9.78 Å². The highest BCUT2D eigenvalue weighted by molar-refractivity contribution is 6.08. The second-order valence-corrected chi connectivity index (χ2v) is 5.46. The normalized spacial score (nSPS) is 10.4. The second-order valence-electron chi connectivity index (χ2n) is 5.46. The maximum Gasteiger partial charge on any atom is 0.335 e. The van der Waals surface area contributed by atoms with Gasteiger partial charge in [0.1, 0.15) is 5.69 Å². The molecule has 0 atom stereocenters. The number of pyridine rings is 1. The Balaban J connectivity index is 1.93. The first kappa shape index (κ1) is 15.6. The molecule has 0 unspecified atom stereocenters. The minimum Gasteiger partial charge on any atom is -0.478 e. The van der Waals surface area contributed by atoms with Crippen molar-refractivity contribution < 1.29 is 14.7 Å². The van der Waals surface area contributed by atoms with Crippen molar-refractivity contribution in [1.82, 2.24) is 4.98 Å². The van der Waals surface area contributed by atoms with Crippen LogP contribution in [0.15, 0.2) is 66.9 Å². The number of carbonyl (C=O) groups excluding carboxylic acids is 1. The topological polar surface area (TPSA) is 67.3 Å². The van der Waals surface area contributed by atoms with E-state index in [4.69, 9.17) is 5.11 Å². The molecule has 0 aliphatic heterocycles. The van der Waals surface area contributed by atoms with Gasteiger partial charge in [-0.25, -0.2) is 4.79 Å². The number of hydrogen-bond donors (Lipinski definition) is 1. The zero-order valence-corrected chi connectivity index (χ0v) is 13.1. The number of carboxylic acids is 1. The summed E-state index contributed by atoms with van der Waals surface area (Å²) < 4.78 is 0. The fraction of sp³-hybridized carbons (Fsp3) is 0.0500. The second kappa shape index (κ2) is 6.46. The molecule has 3 aromatic rings. The van der Waals surface area contributed by atoms with E-state index >= 15 is 0 Å². The third kappa shape index (κ3) is 3.08. The van der Waals surface area contributed by atoms with Gasteiger partial charge >= 0.3 is 5.97 Å². The van der Waals surface area contributed by atoms with Crippen LogP contribution in [0.5, 0.6) is 0 Å². The third-order valence-corrected chi connectivity index (χ3v) is 3.83. The Kier molecular flexibility index (Phi) is 4.20. The SMILES string of the molecule is Cc1cc(C(=O)c2ccccn2)ccc1-c1ccc(C(=O)O)cc1. The molecule has 1 heterocycles. The molecule has 2 aromatic carbocycles. The standard InChI is InChI=1S/C20H15NO3/c1-13-12-16(19(22)18-4-2-3-11-21-18)9-10-17(13)14-5-7-15(8-6-14)20(23)24/h2-12H,1H3,(H,23,24).